The van der Waals surface area contributed by atoms with Crippen LogP contribution in [0.5, 0.6) is 5.75 Å². The van der Waals surface area contributed by atoms with Crippen molar-refractivity contribution in [2.24, 2.45) is 4.99 Å². The zero-order valence-corrected chi connectivity index (χ0v) is 16.5. The minimum absolute atomic E-state index is 0. The molecule has 1 heterocycles. The van der Waals surface area contributed by atoms with Crippen LogP contribution < -0.4 is 5.63 Å². The van der Waals surface area contributed by atoms with E-state index in [1.54, 1.807) is 12.1 Å². The van der Waals surface area contributed by atoms with Gasteiger partial charge in [-0.15, -0.1) is 0 Å². The summed E-state index contributed by atoms with van der Waals surface area (Å²) in [7, 11) is 0. The molecule has 0 aliphatic carbocycles. The van der Waals surface area contributed by atoms with E-state index >= 15 is 0 Å². The first-order valence-electron chi connectivity index (χ1n) is 7.12. The smallest absolute Gasteiger partial charge is 0.870 e. The van der Waals surface area contributed by atoms with Crippen molar-refractivity contribution >= 4 is 35.0 Å². The number of benzene rings is 2. The third-order valence-electron chi connectivity index (χ3n) is 3.67. The minimum atomic E-state index is -0.421. The Morgan fingerprint density at radius 2 is 1.74 bits per heavy atom. The van der Waals surface area contributed by atoms with Crippen LogP contribution in [0, 0.1) is 6.92 Å². The molecule has 5 N–H and O–H groups in total. The van der Waals surface area contributed by atoms with Crippen molar-refractivity contribution in [1.29, 1.82) is 0 Å². The second kappa shape index (κ2) is 10.9. The molecule has 9 heteroatoms. The van der Waals surface area contributed by atoms with Gasteiger partial charge in [0.1, 0.15) is 11.3 Å². The van der Waals surface area contributed by atoms with Gasteiger partial charge in [-0.25, -0.2) is 9.79 Å². The number of rotatable bonds is 2. The summed E-state index contributed by atoms with van der Waals surface area (Å²) in [6.07, 6.45) is 0. The molecule has 0 aliphatic heterocycles. The first kappa shape index (κ1) is 27.1. The van der Waals surface area contributed by atoms with Gasteiger partial charge in [-0.05, 0) is 50.2 Å². The van der Waals surface area contributed by atoms with E-state index in [1.807, 2.05) is 38.1 Å². The molecule has 0 atom stereocenters. The fourth-order valence-electron chi connectivity index (χ4n) is 2.55. The van der Waals surface area contributed by atoms with Gasteiger partial charge >= 0.3 is 22.4 Å². The molecule has 0 aliphatic rings. The number of hydrogen-bond acceptors (Lipinski definition) is 6. The summed E-state index contributed by atoms with van der Waals surface area (Å²) < 4.78 is 5.37. The van der Waals surface area contributed by atoms with Crippen molar-refractivity contribution in [2.75, 3.05) is 0 Å². The molecule has 0 spiro atoms. The van der Waals surface area contributed by atoms with Crippen molar-refractivity contribution in [1.82, 2.24) is 0 Å². The molecule has 3 rings (SSSR count). The first-order valence-corrected chi connectivity index (χ1v) is 7.62. The van der Waals surface area contributed by atoms with Gasteiger partial charge < -0.3 is 26.0 Å². The minimum Gasteiger partial charge on any atom is -0.870 e. The van der Waals surface area contributed by atoms with Gasteiger partial charge in [0.25, 0.3) is 5.75 Å². The first-order chi connectivity index (χ1) is 11.0. The molecular formula is C18H20CoNO6S+. The van der Waals surface area contributed by atoms with Crippen LogP contribution in [0.1, 0.15) is 18.1 Å². The molecule has 7 nitrogen and oxygen atoms in total. The van der Waals surface area contributed by atoms with E-state index < -0.39 is 5.63 Å². The van der Waals surface area contributed by atoms with E-state index in [4.69, 9.17) is 9.52 Å². The molecule has 0 saturated carbocycles. The molecular weight excluding hydrogens is 417 g/mol. The number of hydrogen-bond donors (Lipinski definition) is 0. The Morgan fingerprint density at radius 3 is 2.37 bits per heavy atom. The summed E-state index contributed by atoms with van der Waals surface area (Å²) >= 11 is 3.52. The molecule has 0 bridgehead atoms. The maximum atomic E-state index is 11.7. The Bertz CT molecular complexity index is 1000. The van der Waals surface area contributed by atoms with E-state index in [-0.39, 0.29) is 39.0 Å². The van der Waals surface area contributed by atoms with Crippen molar-refractivity contribution in [3.63, 3.8) is 0 Å². The van der Waals surface area contributed by atoms with Gasteiger partial charge in [0, 0.05) is 17.5 Å². The Morgan fingerprint density at radius 1 is 1.11 bits per heavy atom. The Hall–Kier alpha value is -2.14. The molecule has 0 unspecified atom stereocenters. The van der Waals surface area contributed by atoms with Gasteiger partial charge in [-0.2, -0.15) is 0 Å². The standard InChI is InChI=1S/C18H15NO3S.Co.3H2O/c1-10-9-16(21)22-18-12(10)7-8-14(20)17(18)11(2)19-13-5-3-4-6-15(13)23;;;;/h3-9,20,23H,1-2H3;;3*1H2/q;+2;;;/p-1. The maximum absolute atomic E-state index is 11.7. The van der Waals surface area contributed by atoms with E-state index in [2.05, 4.69) is 17.6 Å². The van der Waals surface area contributed by atoms with E-state index in [0.717, 1.165) is 21.5 Å². The van der Waals surface area contributed by atoms with E-state index in [1.165, 1.54) is 6.07 Å². The summed E-state index contributed by atoms with van der Waals surface area (Å²) in [4.78, 5) is 17.2. The number of fused-ring (bicyclic) bond motifs is 1. The van der Waals surface area contributed by atoms with Crippen LogP contribution in [-0.4, -0.2) is 27.2 Å². The average Bonchev–Trinajstić information content (AvgIpc) is 2.48. The predicted molar refractivity (Wildman–Crippen MR) is 103 cm³/mol. The van der Waals surface area contributed by atoms with Crippen LogP contribution in [0.25, 0.3) is 11.0 Å². The summed E-state index contributed by atoms with van der Waals surface area (Å²) in [5, 5.41) is 9.01. The molecule has 0 fully saturated rings. The molecule has 1 radical (unpaired) electrons. The number of aliphatic imine (C=N–C) groups is 1. The maximum Gasteiger partial charge on any atom is 2.00 e. The van der Waals surface area contributed by atoms with Crippen LogP contribution >= 0.6 is 0 Å². The molecule has 147 valence electrons. The summed E-state index contributed by atoms with van der Waals surface area (Å²) in [5.74, 6) is 0.277. The molecule has 1 aromatic heterocycles. The number of aryl methyl sites for hydroxylation is 1. The molecule has 27 heavy (non-hydrogen) atoms. The molecule has 2 aromatic carbocycles. The van der Waals surface area contributed by atoms with Crippen LogP contribution in [-0.2, 0) is 29.4 Å². The van der Waals surface area contributed by atoms with Crippen molar-refractivity contribution < 1.29 is 42.7 Å². The second-order valence-electron chi connectivity index (χ2n) is 5.33. The van der Waals surface area contributed by atoms with Crippen molar-refractivity contribution in [2.45, 2.75) is 18.7 Å². The topological polar surface area (TPSA) is 155 Å². The monoisotopic (exact) mass is 437 g/mol. The average molecular weight is 437 g/mol. The third kappa shape index (κ3) is 5.42. The predicted octanol–water partition coefficient (Wildman–Crippen LogP) is 2.52. The van der Waals surface area contributed by atoms with Gasteiger partial charge in [0.05, 0.1) is 5.71 Å². The third-order valence-corrected chi connectivity index (χ3v) is 4.10. The second-order valence-corrected chi connectivity index (χ2v) is 5.87. The van der Waals surface area contributed by atoms with E-state index in [9.17, 15) is 4.79 Å². The van der Waals surface area contributed by atoms with Crippen LogP contribution in [0.2, 0.25) is 0 Å². The summed E-state index contributed by atoms with van der Waals surface area (Å²) in [5.41, 5.74) is 2.74. The largest absolute Gasteiger partial charge is 2.00 e. The fraction of sp³-hybridized carbons (Fsp3) is 0.111. The zero-order chi connectivity index (χ0) is 16.6. The summed E-state index contributed by atoms with van der Waals surface area (Å²) in [6.45, 7) is 3.67. The normalized spacial score (nSPS) is 10.1. The van der Waals surface area contributed by atoms with Gasteiger partial charge in [0.15, 0.2) is 10.5 Å². The van der Waals surface area contributed by atoms with Crippen LogP contribution in [0.3, 0.4) is 0 Å². The van der Waals surface area contributed by atoms with Crippen molar-refractivity contribution in [3.8, 4) is 5.75 Å². The Kier molecular flexibility index (Phi) is 10.9. The Balaban J connectivity index is 0. The number of nitrogens with zero attached hydrogens (tertiary/aromatic N) is 1. The SMILES string of the molecule is CC(=Nc1ccccc1[SH2+])c1c([OH2+])ccc2c(C)cc(=O)oc12.[Co+2].[OH-].[OH-].[OH-]. The van der Waals surface area contributed by atoms with Crippen molar-refractivity contribution in [3.05, 3.63) is 64.0 Å². The van der Waals surface area contributed by atoms with E-state index in [0.29, 0.717) is 16.9 Å². The quantitative estimate of drug-likeness (QED) is 0.342. The van der Waals surface area contributed by atoms with Gasteiger partial charge in [0.2, 0.25) is 0 Å². The zero-order valence-electron chi connectivity index (χ0n) is 14.5. The number of para-hydroxylation sites is 1. The van der Waals surface area contributed by atoms with Gasteiger partial charge in [-0.3, -0.25) is 0 Å². The fourth-order valence-corrected chi connectivity index (χ4v) is 2.79. The van der Waals surface area contributed by atoms with Gasteiger partial charge in [-0.1, -0.05) is 12.1 Å². The molecule has 0 amide bonds. The molecule has 0 saturated heterocycles. The Labute approximate surface area is 171 Å². The molecule has 3 aromatic rings. The summed E-state index contributed by atoms with van der Waals surface area (Å²) in [6, 6.07) is 12.5. The van der Waals surface area contributed by atoms with Crippen LogP contribution in [0.4, 0.5) is 5.69 Å². The van der Waals surface area contributed by atoms with Crippen LogP contribution in [0.15, 0.2) is 61.6 Å².